The van der Waals surface area contributed by atoms with Gasteiger partial charge in [0.15, 0.2) is 0 Å². The van der Waals surface area contributed by atoms with Crippen LogP contribution in [0.3, 0.4) is 0 Å². The van der Waals surface area contributed by atoms with Gasteiger partial charge in [0.05, 0.1) is 9.09 Å². The molecule has 0 radical (unpaired) electrons. The molecule has 1 amide bonds. The van der Waals surface area contributed by atoms with Crippen molar-refractivity contribution in [1.29, 1.82) is 0 Å². The van der Waals surface area contributed by atoms with E-state index in [2.05, 4.69) is 16.8 Å². The van der Waals surface area contributed by atoms with Gasteiger partial charge >= 0.3 is 0 Å². The number of carbonyl (C=O) groups is 1. The molecule has 1 fully saturated rings. The minimum Gasteiger partial charge on any atom is -0.337 e. The van der Waals surface area contributed by atoms with Crippen LogP contribution in [0.15, 0.2) is 46.2 Å². The molecule has 25 heavy (non-hydrogen) atoms. The molecule has 0 aromatic carbocycles. The van der Waals surface area contributed by atoms with E-state index >= 15 is 0 Å². The third kappa shape index (κ3) is 4.75. The molecule has 2 aromatic heterocycles. The molecule has 0 N–H and O–H groups in total. The maximum Gasteiger partial charge on any atom is 0.263 e. The number of carbonyl (C=O) groups excluding carboxylic acids is 1. The summed E-state index contributed by atoms with van der Waals surface area (Å²) < 4.78 is 1.18. The number of aryl methyl sites for hydroxylation is 1. The van der Waals surface area contributed by atoms with Gasteiger partial charge in [-0.25, -0.2) is 4.98 Å². The molecule has 3 heterocycles. The Balaban J connectivity index is 1.57. The van der Waals surface area contributed by atoms with Crippen molar-refractivity contribution in [3.05, 3.63) is 58.2 Å². The summed E-state index contributed by atoms with van der Waals surface area (Å²) in [7, 11) is 0. The fourth-order valence-corrected chi connectivity index (χ4v) is 4.18. The number of pyridine rings is 1. The number of nitrogens with zero attached hydrogens (tertiary/aromatic N) is 2. The number of thioether (sulfide) groups is 1. The summed E-state index contributed by atoms with van der Waals surface area (Å²) in [6.07, 6.45) is 5.80. The highest BCUT2D eigenvalue weighted by Gasteiger charge is 2.21. The van der Waals surface area contributed by atoms with Gasteiger partial charge in [-0.3, -0.25) is 4.79 Å². The van der Waals surface area contributed by atoms with E-state index in [0.29, 0.717) is 0 Å². The normalized spacial score (nSPS) is 14.0. The van der Waals surface area contributed by atoms with Gasteiger partial charge in [0.1, 0.15) is 5.69 Å². The van der Waals surface area contributed by atoms with Gasteiger partial charge < -0.3 is 4.90 Å². The number of likely N-dealkylation sites (tertiary alicyclic amines) is 1. The maximum absolute atomic E-state index is 12.5. The van der Waals surface area contributed by atoms with Gasteiger partial charge in [-0.05, 0) is 62.3 Å². The molecule has 3 nitrogen and oxygen atoms in total. The first-order valence-electron chi connectivity index (χ1n) is 8.22. The van der Waals surface area contributed by atoms with E-state index in [1.807, 2.05) is 54.5 Å². The van der Waals surface area contributed by atoms with Crippen LogP contribution in [0.4, 0.5) is 0 Å². The van der Waals surface area contributed by atoms with Crippen LogP contribution in [0.2, 0.25) is 0 Å². The molecular weight excluding hydrogens is 348 g/mol. The van der Waals surface area contributed by atoms with Crippen molar-refractivity contribution < 1.29 is 4.79 Å². The largest absolute Gasteiger partial charge is 0.337 e. The second kappa shape index (κ2) is 8.37. The molecule has 2 aromatic rings. The van der Waals surface area contributed by atoms with Crippen LogP contribution in [0.1, 0.15) is 33.9 Å². The highest BCUT2D eigenvalue weighted by molar-refractivity contribution is 8.00. The molecule has 0 saturated carbocycles. The fraction of sp³-hybridized carbons (Fsp3) is 0.300. The second-order valence-electron chi connectivity index (χ2n) is 5.85. The molecule has 1 aliphatic heterocycles. The van der Waals surface area contributed by atoms with Crippen LogP contribution >= 0.6 is 23.1 Å². The van der Waals surface area contributed by atoms with Crippen molar-refractivity contribution in [2.75, 3.05) is 19.3 Å². The lowest BCUT2D eigenvalue weighted by Gasteiger charge is -2.27. The average Bonchev–Trinajstić information content (AvgIpc) is 3.11. The minimum absolute atomic E-state index is 0.152. The van der Waals surface area contributed by atoms with E-state index in [0.717, 1.165) is 42.2 Å². The molecule has 0 spiro atoms. The lowest BCUT2D eigenvalue weighted by molar-refractivity contribution is 0.0748. The number of hydrogen-bond donors (Lipinski definition) is 0. The second-order valence-corrected chi connectivity index (χ2v) is 8.04. The first-order valence-corrected chi connectivity index (χ1v) is 10.3. The van der Waals surface area contributed by atoms with Gasteiger partial charge in [0, 0.05) is 18.8 Å². The molecule has 0 bridgehead atoms. The Morgan fingerprint density at radius 2 is 2.08 bits per heavy atom. The fourth-order valence-electron chi connectivity index (χ4n) is 2.67. The van der Waals surface area contributed by atoms with Crippen LogP contribution in [-0.2, 0) is 0 Å². The van der Waals surface area contributed by atoms with Crippen molar-refractivity contribution in [1.82, 2.24) is 9.88 Å². The number of thiophene rings is 1. The van der Waals surface area contributed by atoms with E-state index < -0.39 is 0 Å². The number of hydrogen-bond acceptors (Lipinski definition) is 4. The van der Waals surface area contributed by atoms with Crippen LogP contribution in [0, 0.1) is 18.8 Å². The van der Waals surface area contributed by atoms with E-state index in [9.17, 15) is 4.79 Å². The number of rotatable bonds is 2. The number of piperidine rings is 1. The third-order valence-corrected chi connectivity index (χ3v) is 6.21. The molecular formula is C20H20N2OS2. The molecule has 0 atom stereocenters. The first-order chi connectivity index (χ1) is 12.2. The van der Waals surface area contributed by atoms with Gasteiger partial charge in [-0.2, -0.15) is 0 Å². The van der Waals surface area contributed by atoms with Gasteiger partial charge in [-0.1, -0.05) is 17.6 Å². The molecule has 5 heteroatoms. The van der Waals surface area contributed by atoms with Crippen LogP contribution in [-0.4, -0.2) is 35.1 Å². The van der Waals surface area contributed by atoms with E-state index in [-0.39, 0.29) is 5.91 Å². The third-order valence-electron chi connectivity index (χ3n) is 4.05. The van der Waals surface area contributed by atoms with Crippen LogP contribution in [0.5, 0.6) is 0 Å². The Morgan fingerprint density at radius 3 is 2.76 bits per heavy atom. The van der Waals surface area contributed by atoms with Gasteiger partial charge in [0.2, 0.25) is 0 Å². The van der Waals surface area contributed by atoms with E-state index in [1.165, 1.54) is 9.78 Å². The van der Waals surface area contributed by atoms with Crippen LogP contribution < -0.4 is 0 Å². The SMILES string of the molecule is CSc1ccc(C(=O)N2CCC(=CC#Cc3cccc(C)n3)CC2)s1. The highest BCUT2D eigenvalue weighted by atomic mass is 32.2. The zero-order chi connectivity index (χ0) is 17.6. The van der Waals surface area contributed by atoms with Crippen molar-refractivity contribution in [3.8, 4) is 11.8 Å². The predicted octanol–water partition coefficient (Wildman–Crippen LogP) is 4.39. The summed E-state index contributed by atoms with van der Waals surface area (Å²) in [5.74, 6) is 6.34. The lowest BCUT2D eigenvalue weighted by Crippen LogP contribution is -2.35. The zero-order valence-corrected chi connectivity index (χ0v) is 16.0. The lowest BCUT2D eigenvalue weighted by atomic mass is 10.0. The summed E-state index contributed by atoms with van der Waals surface area (Å²) in [6, 6.07) is 9.81. The van der Waals surface area contributed by atoms with Crippen LogP contribution in [0.25, 0.3) is 0 Å². The summed E-state index contributed by atoms with van der Waals surface area (Å²) in [5.41, 5.74) is 3.08. The molecule has 0 unspecified atom stereocenters. The maximum atomic E-state index is 12.5. The molecule has 0 aliphatic carbocycles. The Bertz CT molecular complexity index is 848. The van der Waals surface area contributed by atoms with Crippen molar-refractivity contribution in [2.45, 2.75) is 24.0 Å². The summed E-state index contributed by atoms with van der Waals surface area (Å²) >= 11 is 3.26. The molecule has 1 aliphatic rings. The van der Waals surface area contributed by atoms with Crippen molar-refractivity contribution in [2.24, 2.45) is 0 Å². The quantitative estimate of drug-likeness (QED) is 0.582. The zero-order valence-electron chi connectivity index (χ0n) is 14.4. The Morgan fingerprint density at radius 1 is 1.28 bits per heavy atom. The summed E-state index contributed by atoms with van der Waals surface area (Å²) in [4.78, 5) is 19.7. The standard InChI is InChI=1S/C20H20N2OS2/c1-15-5-3-7-17(21-15)8-4-6-16-11-13-22(14-12-16)20(23)18-9-10-19(24-2)25-18/h3,5-7,9-10H,11-14H2,1-2H3. The smallest absolute Gasteiger partial charge is 0.263 e. The highest BCUT2D eigenvalue weighted by Crippen LogP contribution is 2.27. The number of allylic oxidation sites excluding steroid dienone is 1. The Kier molecular flexibility index (Phi) is 5.95. The van der Waals surface area contributed by atoms with E-state index in [4.69, 9.17) is 0 Å². The topological polar surface area (TPSA) is 33.2 Å². The molecule has 1 saturated heterocycles. The monoisotopic (exact) mass is 368 g/mol. The minimum atomic E-state index is 0.152. The first kappa shape index (κ1) is 17.8. The Hall–Kier alpha value is -2.03. The average molecular weight is 369 g/mol. The Labute approximate surface area is 157 Å². The van der Waals surface area contributed by atoms with Gasteiger partial charge in [-0.15, -0.1) is 23.1 Å². The van der Waals surface area contributed by atoms with Crippen molar-refractivity contribution in [3.63, 3.8) is 0 Å². The summed E-state index contributed by atoms with van der Waals surface area (Å²) in [5, 5.41) is 0. The summed E-state index contributed by atoms with van der Waals surface area (Å²) in [6.45, 7) is 3.50. The van der Waals surface area contributed by atoms with Crippen molar-refractivity contribution >= 4 is 29.0 Å². The number of amides is 1. The van der Waals surface area contributed by atoms with Gasteiger partial charge in [0.25, 0.3) is 5.91 Å². The number of aromatic nitrogens is 1. The molecule has 128 valence electrons. The predicted molar refractivity (Wildman–Crippen MR) is 105 cm³/mol. The van der Waals surface area contributed by atoms with E-state index in [1.54, 1.807) is 23.1 Å². The molecule has 3 rings (SSSR count).